The number of benzene rings is 1. The molecule has 0 spiro atoms. The first-order valence-electron chi connectivity index (χ1n) is 9.63. The topological polar surface area (TPSA) is 69.0 Å². The number of hydrogen-bond donors (Lipinski definition) is 1. The predicted molar refractivity (Wildman–Crippen MR) is 113 cm³/mol. The fraction of sp³-hybridized carbons (Fsp3) is 0.318. The van der Waals surface area contributed by atoms with Crippen LogP contribution in [-0.2, 0) is 4.79 Å². The van der Waals surface area contributed by atoms with Gasteiger partial charge in [0.05, 0.1) is 12.0 Å². The molecule has 29 heavy (non-hydrogen) atoms. The standard InChI is InChI=1S/C22H22N4O2S/c1-22(2)11-15-18(16(27)12-22)19(13-6-4-7-14(10-13)28-3)26-21(23-15)24-20(25-26)17-8-5-9-29-17/h4-10,19H,11-12H2,1-3H3,(H,23,24,25). The molecule has 1 aliphatic carbocycles. The van der Waals surface area contributed by atoms with E-state index in [1.807, 2.05) is 46.5 Å². The van der Waals surface area contributed by atoms with Crippen LogP contribution in [0.15, 0.2) is 53.0 Å². The van der Waals surface area contributed by atoms with Gasteiger partial charge >= 0.3 is 0 Å². The molecule has 1 unspecified atom stereocenters. The highest BCUT2D eigenvalue weighted by Crippen LogP contribution is 2.46. The second-order valence-corrected chi connectivity index (χ2v) is 9.27. The van der Waals surface area contributed by atoms with Crippen LogP contribution in [0.25, 0.3) is 10.7 Å². The summed E-state index contributed by atoms with van der Waals surface area (Å²) in [6.45, 7) is 4.26. The SMILES string of the molecule is COc1cccc(C2C3=C(CC(C)(C)CC3=O)Nc3nc(-c4cccs4)nn32)c1. The predicted octanol–water partition coefficient (Wildman–Crippen LogP) is 4.67. The monoisotopic (exact) mass is 406 g/mol. The average molecular weight is 407 g/mol. The van der Waals surface area contributed by atoms with E-state index in [-0.39, 0.29) is 17.2 Å². The van der Waals surface area contributed by atoms with Crippen LogP contribution >= 0.6 is 11.3 Å². The Balaban J connectivity index is 1.70. The van der Waals surface area contributed by atoms with Gasteiger partial charge in [0, 0.05) is 17.7 Å². The zero-order valence-electron chi connectivity index (χ0n) is 16.6. The lowest BCUT2D eigenvalue weighted by Crippen LogP contribution is -2.36. The molecule has 1 N–H and O–H groups in total. The average Bonchev–Trinajstić information content (AvgIpc) is 3.34. The molecule has 0 amide bonds. The van der Waals surface area contributed by atoms with E-state index in [9.17, 15) is 4.79 Å². The molecule has 0 radical (unpaired) electrons. The van der Waals surface area contributed by atoms with E-state index in [2.05, 4.69) is 19.2 Å². The van der Waals surface area contributed by atoms with Gasteiger partial charge in [-0.3, -0.25) is 4.79 Å². The molecule has 0 fully saturated rings. The molecule has 2 aromatic heterocycles. The first-order valence-corrected chi connectivity index (χ1v) is 10.5. The minimum Gasteiger partial charge on any atom is -0.497 e. The first-order chi connectivity index (χ1) is 13.9. The van der Waals surface area contributed by atoms with Gasteiger partial charge in [-0.1, -0.05) is 32.0 Å². The van der Waals surface area contributed by atoms with E-state index in [4.69, 9.17) is 14.8 Å². The van der Waals surface area contributed by atoms with Crippen molar-refractivity contribution in [1.82, 2.24) is 14.8 Å². The number of Topliss-reactive ketones (excluding diaryl/α,β-unsaturated/α-hetero) is 1. The van der Waals surface area contributed by atoms with Gasteiger partial charge in [-0.25, -0.2) is 4.68 Å². The van der Waals surface area contributed by atoms with Crippen molar-refractivity contribution in [2.45, 2.75) is 32.7 Å². The van der Waals surface area contributed by atoms with Crippen molar-refractivity contribution in [3.8, 4) is 16.5 Å². The zero-order chi connectivity index (χ0) is 20.2. The molecule has 3 aromatic rings. The van der Waals surface area contributed by atoms with Gasteiger partial charge in [0.25, 0.3) is 0 Å². The molecule has 7 heteroatoms. The van der Waals surface area contributed by atoms with E-state index in [0.717, 1.165) is 33.9 Å². The summed E-state index contributed by atoms with van der Waals surface area (Å²) in [4.78, 5) is 19.0. The first kappa shape index (κ1) is 18.1. The van der Waals surface area contributed by atoms with Gasteiger partial charge in [-0.15, -0.1) is 16.4 Å². The number of methoxy groups -OCH3 is 1. The molecule has 0 bridgehead atoms. The number of anilines is 1. The number of fused-ring (bicyclic) bond motifs is 1. The Labute approximate surface area is 173 Å². The van der Waals surface area contributed by atoms with Gasteiger partial charge in [0.2, 0.25) is 5.95 Å². The Morgan fingerprint density at radius 3 is 2.86 bits per heavy atom. The summed E-state index contributed by atoms with van der Waals surface area (Å²) in [6, 6.07) is 11.5. The molecular weight excluding hydrogens is 384 g/mol. The normalized spacial score (nSPS) is 20.1. The molecular formula is C22H22N4O2S. The smallest absolute Gasteiger partial charge is 0.226 e. The van der Waals surface area contributed by atoms with Gasteiger partial charge in [-0.05, 0) is 41.0 Å². The second kappa shape index (κ2) is 6.56. The number of carbonyl (C=O) groups is 1. The van der Waals surface area contributed by atoms with Gasteiger partial charge in [-0.2, -0.15) is 4.98 Å². The lowest BCUT2D eigenvalue weighted by Gasteiger charge is -2.38. The van der Waals surface area contributed by atoms with Crippen LogP contribution in [0.1, 0.15) is 38.3 Å². The van der Waals surface area contributed by atoms with E-state index in [0.29, 0.717) is 18.2 Å². The summed E-state index contributed by atoms with van der Waals surface area (Å²) >= 11 is 1.60. The Hall–Kier alpha value is -2.93. The lowest BCUT2D eigenvalue weighted by molar-refractivity contribution is -0.118. The fourth-order valence-corrected chi connectivity index (χ4v) is 4.89. The van der Waals surface area contributed by atoms with Crippen LogP contribution in [0.4, 0.5) is 5.95 Å². The third-order valence-corrected chi connectivity index (χ3v) is 6.35. The molecule has 6 nitrogen and oxygen atoms in total. The van der Waals surface area contributed by atoms with Crippen molar-refractivity contribution in [1.29, 1.82) is 0 Å². The molecule has 2 aliphatic rings. The van der Waals surface area contributed by atoms with Crippen molar-refractivity contribution in [3.05, 3.63) is 58.6 Å². The Kier molecular flexibility index (Phi) is 4.10. The number of allylic oxidation sites excluding steroid dienone is 2. The maximum absolute atomic E-state index is 13.2. The maximum atomic E-state index is 13.2. The van der Waals surface area contributed by atoms with Crippen LogP contribution in [0.5, 0.6) is 5.75 Å². The fourth-order valence-electron chi connectivity index (χ4n) is 4.24. The lowest BCUT2D eigenvalue weighted by atomic mass is 9.73. The molecule has 148 valence electrons. The highest BCUT2D eigenvalue weighted by molar-refractivity contribution is 7.13. The molecule has 5 rings (SSSR count). The van der Waals surface area contributed by atoms with Crippen LogP contribution in [0, 0.1) is 5.41 Å². The number of ether oxygens (including phenoxy) is 1. The summed E-state index contributed by atoms with van der Waals surface area (Å²) in [5.41, 5.74) is 2.63. The van der Waals surface area contributed by atoms with Gasteiger partial charge in [0.15, 0.2) is 11.6 Å². The van der Waals surface area contributed by atoms with Crippen molar-refractivity contribution in [2.75, 3.05) is 12.4 Å². The minimum atomic E-state index is -0.318. The van der Waals surface area contributed by atoms with Gasteiger partial charge in [0.1, 0.15) is 11.8 Å². The van der Waals surface area contributed by atoms with Crippen molar-refractivity contribution >= 4 is 23.1 Å². The highest BCUT2D eigenvalue weighted by atomic mass is 32.1. The summed E-state index contributed by atoms with van der Waals surface area (Å²) < 4.78 is 7.28. The van der Waals surface area contributed by atoms with Crippen LogP contribution < -0.4 is 10.1 Å². The van der Waals surface area contributed by atoms with Crippen LogP contribution in [0.3, 0.4) is 0 Å². The van der Waals surface area contributed by atoms with E-state index >= 15 is 0 Å². The summed E-state index contributed by atoms with van der Waals surface area (Å²) in [6.07, 6.45) is 1.32. The van der Waals surface area contributed by atoms with Crippen LogP contribution in [0.2, 0.25) is 0 Å². The van der Waals surface area contributed by atoms with Crippen molar-refractivity contribution in [2.24, 2.45) is 5.41 Å². The van der Waals surface area contributed by atoms with Gasteiger partial charge < -0.3 is 10.1 Å². The summed E-state index contributed by atoms with van der Waals surface area (Å²) in [5.74, 6) is 2.26. The zero-order valence-corrected chi connectivity index (χ0v) is 17.4. The molecule has 1 aliphatic heterocycles. The van der Waals surface area contributed by atoms with Crippen LogP contribution in [-0.4, -0.2) is 27.7 Å². The maximum Gasteiger partial charge on any atom is 0.226 e. The number of nitrogens with one attached hydrogen (secondary N) is 1. The van der Waals surface area contributed by atoms with E-state index < -0.39 is 0 Å². The number of ketones is 1. The largest absolute Gasteiger partial charge is 0.497 e. The number of carbonyl (C=O) groups excluding carboxylic acids is 1. The molecule has 3 heterocycles. The third-order valence-electron chi connectivity index (χ3n) is 5.48. The Morgan fingerprint density at radius 2 is 2.10 bits per heavy atom. The second-order valence-electron chi connectivity index (χ2n) is 8.32. The summed E-state index contributed by atoms with van der Waals surface area (Å²) in [5, 5.41) is 10.2. The number of thiophene rings is 1. The highest BCUT2D eigenvalue weighted by Gasteiger charge is 2.42. The number of rotatable bonds is 3. The Morgan fingerprint density at radius 1 is 1.24 bits per heavy atom. The third kappa shape index (κ3) is 3.06. The number of aromatic nitrogens is 3. The minimum absolute atomic E-state index is 0.0827. The molecule has 1 atom stereocenters. The molecule has 0 saturated carbocycles. The van der Waals surface area contributed by atoms with Crippen molar-refractivity contribution < 1.29 is 9.53 Å². The number of nitrogens with zero attached hydrogens (tertiary/aromatic N) is 3. The molecule has 1 aromatic carbocycles. The molecule has 0 saturated heterocycles. The summed E-state index contributed by atoms with van der Waals surface area (Å²) in [7, 11) is 1.65. The van der Waals surface area contributed by atoms with E-state index in [1.54, 1.807) is 18.4 Å². The quantitative estimate of drug-likeness (QED) is 0.684. The number of hydrogen-bond acceptors (Lipinski definition) is 6. The Bertz CT molecular complexity index is 1130. The van der Waals surface area contributed by atoms with Crippen molar-refractivity contribution in [3.63, 3.8) is 0 Å². The van der Waals surface area contributed by atoms with E-state index in [1.165, 1.54) is 0 Å².